The Morgan fingerprint density at radius 2 is 1.90 bits per heavy atom. The molecule has 1 aromatic heterocycles. The van der Waals surface area contributed by atoms with E-state index in [0.717, 1.165) is 4.47 Å². The van der Waals surface area contributed by atoms with Crippen molar-refractivity contribution in [3.63, 3.8) is 0 Å². The number of nitrogens with zero attached hydrogens (tertiary/aromatic N) is 2. The van der Waals surface area contributed by atoms with Gasteiger partial charge in [-0.25, -0.2) is 4.68 Å². The number of halogens is 1. The number of hydrogen-bond donors (Lipinski definition) is 1. The van der Waals surface area contributed by atoms with Crippen molar-refractivity contribution in [3.8, 4) is 0 Å². The van der Waals surface area contributed by atoms with Gasteiger partial charge in [-0.2, -0.15) is 5.10 Å². The van der Waals surface area contributed by atoms with Gasteiger partial charge >= 0.3 is 0 Å². The fourth-order valence-electron chi connectivity index (χ4n) is 1.51. The van der Waals surface area contributed by atoms with E-state index in [2.05, 4.69) is 21.0 Å². The summed E-state index contributed by atoms with van der Waals surface area (Å²) >= 11 is 3.33. The summed E-state index contributed by atoms with van der Waals surface area (Å²) in [6, 6.07) is 0. The van der Waals surface area contributed by atoms with E-state index in [0.29, 0.717) is 5.70 Å². The van der Waals surface area contributed by atoms with E-state index in [1.807, 2.05) is 41.5 Å². The van der Waals surface area contributed by atoms with E-state index in [9.17, 15) is 9.90 Å². The second kappa shape index (κ2) is 5.82. The van der Waals surface area contributed by atoms with Crippen molar-refractivity contribution in [1.29, 1.82) is 0 Å². The molecule has 112 valence electrons. The Labute approximate surface area is 129 Å². The summed E-state index contributed by atoms with van der Waals surface area (Å²) in [5.41, 5.74) is -0.390. The number of hydrogen-bond acceptors (Lipinski definition) is 3. The Kier molecular flexibility index (Phi) is 4.98. The summed E-state index contributed by atoms with van der Waals surface area (Å²) in [6.07, 6.45) is 4.07. The van der Waals surface area contributed by atoms with Crippen LogP contribution in [0.5, 0.6) is 0 Å². The molecule has 0 bridgehead atoms. The average Bonchev–Trinajstić information content (AvgIpc) is 2.68. The zero-order valence-corrected chi connectivity index (χ0v) is 14.5. The van der Waals surface area contributed by atoms with E-state index in [4.69, 9.17) is 0 Å². The second-order valence-corrected chi connectivity index (χ2v) is 7.97. The van der Waals surface area contributed by atoms with Crippen LogP contribution in [0, 0.1) is 10.8 Å². The van der Waals surface area contributed by atoms with Crippen molar-refractivity contribution < 1.29 is 9.90 Å². The number of allylic oxidation sites excluding steroid dienone is 1. The molecule has 0 radical (unpaired) electrons. The van der Waals surface area contributed by atoms with Crippen LogP contribution in [0.1, 0.15) is 41.5 Å². The second-order valence-electron chi connectivity index (χ2n) is 7.06. The quantitative estimate of drug-likeness (QED) is 0.855. The topological polar surface area (TPSA) is 55.1 Å². The van der Waals surface area contributed by atoms with Crippen LogP contribution in [0.25, 0.3) is 5.70 Å². The summed E-state index contributed by atoms with van der Waals surface area (Å²) in [4.78, 5) is 12.2. The third kappa shape index (κ3) is 4.28. The maximum atomic E-state index is 12.2. The van der Waals surface area contributed by atoms with Gasteiger partial charge in [-0.15, -0.1) is 0 Å². The van der Waals surface area contributed by atoms with E-state index in [-0.39, 0.29) is 11.2 Å². The molecular weight excluding hydrogens is 320 g/mol. The van der Waals surface area contributed by atoms with Gasteiger partial charge in [-0.05, 0) is 21.3 Å². The maximum absolute atomic E-state index is 12.2. The van der Waals surface area contributed by atoms with E-state index < -0.39 is 11.5 Å². The lowest BCUT2D eigenvalue weighted by Gasteiger charge is -2.28. The van der Waals surface area contributed by atoms with Gasteiger partial charge in [0.05, 0.1) is 16.4 Å². The Hall–Kier alpha value is -0.940. The first-order valence-corrected chi connectivity index (χ1v) is 7.37. The molecule has 1 atom stereocenters. The van der Waals surface area contributed by atoms with Gasteiger partial charge < -0.3 is 5.11 Å². The largest absolute Gasteiger partial charge is 0.386 e. The Balaban J connectivity index is 3.29. The standard InChI is InChI=1S/C15H23BrN2O2/c1-14(2,3)12(19)7-11(13(20)15(4,5)6)18-9-10(16)8-17-18/h7-9,13,20H,1-6H3/b11-7-/t13-/m0/s1. The van der Waals surface area contributed by atoms with Crippen molar-refractivity contribution in [3.05, 3.63) is 22.9 Å². The van der Waals surface area contributed by atoms with Gasteiger partial charge in [0, 0.05) is 17.7 Å². The molecule has 0 saturated carbocycles. The molecule has 20 heavy (non-hydrogen) atoms. The van der Waals surface area contributed by atoms with E-state index in [1.54, 1.807) is 17.1 Å². The minimum atomic E-state index is -0.791. The third-order valence-corrected chi connectivity index (χ3v) is 3.34. The monoisotopic (exact) mass is 342 g/mol. The van der Waals surface area contributed by atoms with Crippen LogP contribution >= 0.6 is 15.9 Å². The first-order chi connectivity index (χ1) is 8.93. The van der Waals surface area contributed by atoms with Gasteiger partial charge in [0.25, 0.3) is 0 Å². The van der Waals surface area contributed by atoms with E-state index in [1.165, 1.54) is 6.08 Å². The fraction of sp³-hybridized carbons (Fsp3) is 0.600. The Bertz CT molecular complexity index is 519. The van der Waals surface area contributed by atoms with Crippen LogP contribution in [0.15, 0.2) is 22.9 Å². The number of aromatic nitrogens is 2. The number of aliphatic hydroxyl groups excluding tert-OH is 1. The number of aliphatic hydroxyl groups is 1. The normalized spacial score (nSPS) is 15.3. The lowest BCUT2D eigenvalue weighted by atomic mass is 9.84. The van der Waals surface area contributed by atoms with Crippen molar-refractivity contribution in [2.45, 2.75) is 47.6 Å². The molecule has 0 unspecified atom stereocenters. The molecule has 0 spiro atoms. The first kappa shape index (κ1) is 17.1. The lowest BCUT2D eigenvalue weighted by Crippen LogP contribution is -2.31. The summed E-state index contributed by atoms with van der Waals surface area (Å²) in [5, 5.41) is 14.7. The average molecular weight is 343 g/mol. The van der Waals surface area contributed by atoms with Crippen molar-refractivity contribution >= 4 is 27.4 Å². The van der Waals surface area contributed by atoms with Gasteiger partial charge in [0.1, 0.15) is 6.10 Å². The fourth-order valence-corrected chi connectivity index (χ4v) is 1.79. The molecule has 1 N–H and O–H groups in total. The third-order valence-electron chi connectivity index (χ3n) is 2.93. The van der Waals surface area contributed by atoms with Gasteiger partial charge in [0.15, 0.2) is 5.78 Å². The van der Waals surface area contributed by atoms with E-state index >= 15 is 0 Å². The van der Waals surface area contributed by atoms with Crippen LogP contribution in [-0.4, -0.2) is 26.8 Å². The van der Waals surface area contributed by atoms with Crippen LogP contribution in [0.3, 0.4) is 0 Å². The van der Waals surface area contributed by atoms with Gasteiger partial charge in [-0.3, -0.25) is 4.79 Å². The predicted molar refractivity (Wildman–Crippen MR) is 84.1 cm³/mol. The number of ketones is 1. The molecule has 1 aromatic rings. The molecule has 0 fully saturated rings. The smallest absolute Gasteiger partial charge is 0.162 e. The summed E-state index contributed by atoms with van der Waals surface area (Å²) in [6.45, 7) is 11.3. The molecule has 1 heterocycles. The highest BCUT2D eigenvalue weighted by atomic mass is 79.9. The number of carbonyl (C=O) groups excluding carboxylic acids is 1. The minimum Gasteiger partial charge on any atom is -0.386 e. The molecule has 0 aliphatic rings. The molecule has 0 aliphatic carbocycles. The lowest BCUT2D eigenvalue weighted by molar-refractivity contribution is -0.121. The predicted octanol–water partition coefficient (Wildman–Crippen LogP) is 3.51. The number of carbonyl (C=O) groups is 1. The molecule has 0 saturated heterocycles. The van der Waals surface area contributed by atoms with Gasteiger partial charge in [-0.1, -0.05) is 41.5 Å². The molecule has 5 heteroatoms. The van der Waals surface area contributed by atoms with Crippen LogP contribution < -0.4 is 0 Å². The highest BCUT2D eigenvalue weighted by Crippen LogP contribution is 2.29. The molecule has 0 aliphatic heterocycles. The Morgan fingerprint density at radius 1 is 1.35 bits per heavy atom. The highest BCUT2D eigenvalue weighted by molar-refractivity contribution is 9.10. The molecule has 4 nitrogen and oxygen atoms in total. The molecule has 0 amide bonds. The van der Waals surface area contributed by atoms with Crippen LogP contribution in [-0.2, 0) is 4.79 Å². The SMILES string of the molecule is CC(C)(C)C(=O)/C=C(/[C@H](O)C(C)(C)C)n1cc(Br)cn1. The Morgan fingerprint density at radius 3 is 2.25 bits per heavy atom. The molecule has 1 rings (SSSR count). The first-order valence-electron chi connectivity index (χ1n) is 6.57. The summed E-state index contributed by atoms with van der Waals surface area (Å²) in [5.74, 6) is -0.0394. The van der Waals surface area contributed by atoms with Crippen LogP contribution in [0.4, 0.5) is 0 Å². The van der Waals surface area contributed by atoms with Crippen molar-refractivity contribution in [2.75, 3.05) is 0 Å². The van der Waals surface area contributed by atoms with Gasteiger partial charge in [0.2, 0.25) is 0 Å². The van der Waals surface area contributed by atoms with Crippen molar-refractivity contribution in [1.82, 2.24) is 9.78 Å². The van der Waals surface area contributed by atoms with Crippen molar-refractivity contribution in [2.24, 2.45) is 10.8 Å². The van der Waals surface area contributed by atoms with Crippen LogP contribution in [0.2, 0.25) is 0 Å². The molecular formula is C15H23BrN2O2. The summed E-state index contributed by atoms with van der Waals surface area (Å²) in [7, 11) is 0. The molecule has 0 aromatic carbocycles. The zero-order valence-electron chi connectivity index (χ0n) is 12.9. The zero-order chi connectivity index (χ0) is 15.7. The maximum Gasteiger partial charge on any atom is 0.162 e. The number of rotatable bonds is 3. The minimum absolute atomic E-state index is 0.0394. The highest BCUT2D eigenvalue weighted by Gasteiger charge is 2.30. The summed E-state index contributed by atoms with van der Waals surface area (Å²) < 4.78 is 2.34.